The summed E-state index contributed by atoms with van der Waals surface area (Å²) in [6.45, 7) is 1.57. The van der Waals surface area contributed by atoms with Gasteiger partial charge in [0.15, 0.2) is 11.5 Å². The Morgan fingerprint density at radius 3 is 2.88 bits per heavy atom. The molecule has 26 heavy (non-hydrogen) atoms. The zero-order chi connectivity index (χ0) is 18.3. The molecule has 1 atom stereocenters. The van der Waals surface area contributed by atoms with E-state index in [-0.39, 0.29) is 18.4 Å². The van der Waals surface area contributed by atoms with E-state index < -0.39 is 6.04 Å². The van der Waals surface area contributed by atoms with Gasteiger partial charge in [-0.25, -0.2) is 0 Å². The Balaban J connectivity index is 1.89. The van der Waals surface area contributed by atoms with E-state index in [9.17, 15) is 9.90 Å². The zero-order valence-corrected chi connectivity index (χ0v) is 14.6. The van der Waals surface area contributed by atoms with Crippen LogP contribution in [0.2, 0.25) is 5.02 Å². The summed E-state index contributed by atoms with van der Waals surface area (Å²) >= 11 is 6.39. The van der Waals surface area contributed by atoms with Gasteiger partial charge in [0.2, 0.25) is 12.7 Å². The summed E-state index contributed by atoms with van der Waals surface area (Å²) < 4.78 is 10.7. The van der Waals surface area contributed by atoms with Crippen molar-refractivity contribution < 1.29 is 19.4 Å². The standard InChI is InChI=1S/C19H15ClN2O4/c1-10(23)22-17(11-4-5-15-16(7-11)26-9-25-15)13-8-14(20)12-3-2-6-21-18(12)19(13)24/h2-8,17,24H,9H2,1H3,(H,22,23). The highest BCUT2D eigenvalue weighted by molar-refractivity contribution is 6.35. The van der Waals surface area contributed by atoms with Crippen molar-refractivity contribution in [2.75, 3.05) is 6.79 Å². The molecule has 1 aliphatic rings. The van der Waals surface area contributed by atoms with Crippen molar-refractivity contribution in [3.05, 3.63) is 58.7 Å². The summed E-state index contributed by atoms with van der Waals surface area (Å²) in [4.78, 5) is 16.0. The molecule has 0 saturated heterocycles. The first-order valence-electron chi connectivity index (χ1n) is 7.97. The van der Waals surface area contributed by atoms with Crippen LogP contribution in [0.4, 0.5) is 0 Å². The maximum atomic E-state index is 11.8. The van der Waals surface area contributed by atoms with Gasteiger partial charge in [0, 0.05) is 24.1 Å². The highest BCUT2D eigenvalue weighted by Gasteiger charge is 2.24. The molecule has 1 aromatic heterocycles. The fraction of sp³-hybridized carbons (Fsp3) is 0.158. The van der Waals surface area contributed by atoms with Gasteiger partial charge in [0.1, 0.15) is 11.3 Å². The SMILES string of the molecule is CC(=O)NC(c1ccc2c(c1)OCO2)c1cc(Cl)c2cccnc2c1O. The molecule has 0 radical (unpaired) electrons. The second kappa shape index (κ2) is 6.38. The minimum atomic E-state index is -0.620. The molecule has 3 aromatic rings. The second-order valence-electron chi connectivity index (χ2n) is 5.94. The maximum Gasteiger partial charge on any atom is 0.231 e. The third-order valence-corrected chi connectivity index (χ3v) is 4.55. The number of hydrogen-bond donors (Lipinski definition) is 2. The Labute approximate surface area is 154 Å². The van der Waals surface area contributed by atoms with E-state index in [1.807, 2.05) is 6.07 Å². The lowest BCUT2D eigenvalue weighted by Crippen LogP contribution is -2.27. The van der Waals surface area contributed by atoms with Crippen LogP contribution in [0.3, 0.4) is 0 Å². The number of pyridine rings is 1. The number of amides is 1. The highest BCUT2D eigenvalue weighted by atomic mass is 35.5. The number of fused-ring (bicyclic) bond motifs is 2. The molecule has 7 heteroatoms. The second-order valence-corrected chi connectivity index (χ2v) is 6.35. The molecule has 1 amide bonds. The van der Waals surface area contributed by atoms with Crippen LogP contribution >= 0.6 is 11.6 Å². The smallest absolute Gasteiger partial charge is 0.231 e. The van der Waals surface area contributed by atoms with Gasteiger partial charge in [-0.3, -0.25) is 9.78 Å². The number of benzene rings is 2. The Morgan fingerprint density at radius 1 is 1.27 bits per heavy atom. The molecule has 0 aliphatic carbocycles. The van der Waals surface area contributed by atoms with E-state index >= 15 is 0 Å². The van der Waals surface area contributed by atoms with Gasteiger partial charge in [-0.15, -0.1) is 0 Å². The van der Waals surface area contributed by atoms with Gasteiger partial charge in [0.05, 0.1) is 11.1 Å². The number of hydrogen-bond acceptors (Lipinski definition) is 5. The molecular formula is C19H15ClN2O4. The van der Waals surface area contributed by atoms with Gasteiger partial charge in [-0.2, -0.15) is 0 Å². The molecule has 132 valence electrons. The maximum absolute atomic E-state index is 11.8. The normalized spacial score (nSPS) is 13.6. The van der Waals surface area contributed by atoms with Crippen molar-refractivity contribution in [2.24, 2.45) is 0 Å². The van der Waals surface area contributed by atoms with Crippen LogP contribution in [-0.2, 0) is 4.79 Å². The summed E-state index contributed by atoms with van der Waals surface area (Å²) in [6, 6.07) is 9.91. The number of phenolic OH excluding ortho intramolecular Hbond substituents is 1. The summed E-state index contributed by atoms with van der Waals surface area (Å²) in [6.07, 6.45) is 1.58. The number of aromatic hydroxyl groups is 1. The number of nitrogens with one attached hydrogen (secondary N) is 1. The zero-order valence-electron chi connectivity index (χ0n) is 13.8. The van der Waals surface area contributed by atoms with E-state index in [1.165, 1.54) is 6.92 Å². The Morgan fingerprint density at radius 2 is 2.08 bits per heavy atom. The first-order chi connectivity index (χ1) is 12.5. The minimum Gasteiger partial charge on any atom is -0.505 e. The molecule has 0 saturated carbocycles. The summed E-state index contributed by atoms with van der Waals surface area (Å²) in [7, 11) is 0. The molecule has 0 spiro atoms. The van der Waals surface area contributed by atoms with Crippen LogP contribution in [0.1, 0.15) is 24.1 Å². The minimum absolute atomic E-state index is 0.0265. The molecule has 2 heterocycles. The van der Waals surface area contributed by atoms with E-state index in [0.29, 0.717) is 33.0 Å². The molecule has 1 unspecified atom stereocenters. The Hall–Kier alpha value is -2.99. The fourth-order valence-corrected chi connectivity index (χ4v) is 3.33. The monoisotopic (exact) mass is 370 g/mol. The summed E-state index contributed by atoms with van der Waals surface area (Å²) in [5.74, 6) is 0.950. The number of aromatic nitrogens is 1. The van der Waals surface area contributed by atoms with E-state index in [2.05, 4.69) is 10.3 Å². The Kier molecular flexibility index (Phi) is 4.05. The molecular weight excluding hydrogens is 356 g/mol. The fourth-order valence-electron chi connectivity index (χ4n) is 3.06. The lowest BCUT2D eigenvalue weighted by molar-refractivity contribution is -0.119. The summed E-state index contributed by atoms with van der Waals surface area (Å²) in [5.41, 5.74) is 1.56. The van der Waals surface area contributed by atoms with Crippen LogP contribution in [0.25, 0.3) is 10.9 Å². The lowest BCUT2D eigenvalue weighted by Gasteiger charge is -2.21. The van der Waals surface area contributed by atoms with Crippen LogP contribution in [0.5, 0.6) is 17.2 Å². The number of ether oxygens (including phenoxy) is 2. The summed E-state index contributed by atoms with van der Waals surface area (Å²) in [5, 5.41) is 14.7. The topological polar surface area (TPSA) is 80.7 Å². The van der Waals surface area contributed by atoms with E-state index in [0.717, 1.165) is 5.56 Å². The third kappa shape index (κ3) is 2.78. The number of rotatable bonds is 3. The van der Waals surface area contributed by atoms with Gasteiger partial charge in [0.25, 0.3) is 0 Å². The van der Waals surface area contributed by atoms with Crippen molar-refractivity contribution in [1.82, 2.24) is 10.3 Å². The number of halogens is 1. The molecule has 2 N–H and O–H groups in total. The average Bonchev–Trinajstić information content (AvgIpc) is 3.10. The molecule has 2 aromatic carbocycles. The van der Waals surface area contributed by atoms with E-state index in [4.69, 9.17) is 21.1 Å². The lowest BCUT2D eigenvalue weighted by atomic mass is 9.95. The van der Waals surface area contributed by atoms with Crippen molar-refractivity contribution in [3.8, 4) is 17.2 Å². The Bertz CT molecular complexity index is 1020. The molecule has 4 rings (SSSR count). The van der Waals surface area contributed by atoms with Gasteiger partial charge >= 0.3 is 0 Å². The number of carbonyl (C=O) groups is 1. The molecule has 0 bridgehead atoms. The number of phenols is 1. The largest absolute Gasteiger partial charge is 0.505 e. The van der Waals surface area contributed by atoms with Crippen LogP contribution in [-0.4, -0.2) is 22.8 Å². The van der Waals surface area contributed by atoms with Crippen molar-refractivity contribution in [3.63, 3.8) is 0 Å². The van der Waals surface area contributed by atoms with Crippen LogP contribution < -0.4 is 14.8 Å². The number of nitrogens with zero attached hydrogens (tertiary/aromatic N) is 1. The quantitative estimate of drug-likeness (QED) is 0.737. The molecule has 0 fully saturated rings. The average molecular weight is 371 g/mol. The van der Waals surface area contributed by atoms with Crippen molar-refractivity contribution >= 4 is 28.4 Å². The third-order valence-electron chi connectivity index (χ3n) is 4.23. The van der Waals surface area contributed by atoms with Gasteiger partial charge in [-0.05, 0) is 35.9 Å². The number of carbonyl (C=O) groups excluding carboxylic acids is 1. The van der Waals surface area contributed by atoms with Crippen LogP contribution in [0.15, 0.2) is 42.6 Å². The predicted molar refractivity (Wildman–Crippen MR) is 96.6 cm³/mol. The first kappa shape index (κ1) is 16.5. The van der Waals surface area contributed by atoms with E-state index in [1.54, 1.807) is 36.5 Å². The predicted octanol–water partition coefficient (Wildman–Crippen LogP) is 3.55. The highest BCUT2D eigenvalue weighted by Crippen LogP contribution is 2.41. The molecule has 1 aliphatic heterocycles. The van der Waals surface area contributed by atoms with Gasteiger partial charge in [-0.1, -0.05) is 17.7 Å². The first-order valence-corrected chi connectivity index (χ1v) is 8.35. The van der Waals surface area contributed by atoms with Crippen molar-refractivity contribution in [2.45, 2.75) is 13.0 Å². The van der Waals surface area contributed by atoms with Crippen molar-refractivity contribution in [1.29, 1.82) is 0 Å². The van der Waals surface area contributed by atoms with Crippen LogP contribution in [0, 0.1) is 0 Å². The van der Waals surface area contributed by atoms with Gasteiger partial charge < -0.3 is 19.9 Å². The molecule has 6 nitrogen and oxygen atoms in total.